The van der Waals surface area contributed by atoms with Gasteiger partial charge in [0.25, 0.3) is 0 Å². The zero-order chi connectivity index (χ0) is 13.7. The molecule has 1 N–H and O–H groups in total. The van der Waals surface area contributed by atoms with Gasteiger partial charge in [-0.3, -0.25) is 4.79 Å². The molecule has 1 aliphatic rings. The van der Waals surface area contributed by atoms with Crippen LogP contribution in [0.25, 0.3) is 0 Å². The van der Waals surface area contributed by atoms with Gasteiger partial charge in [0, 0.05) is 17.8 Å². The third-order valence-electron chi connectivity index (χ3n) is 3.46. The highest BCUT2D eigenvalue weighted by atomic mass is 32.1. The summed E-state index contributed by atoms with van der Waals surface area (Å²) in [6, 6.07) is 0.569. The lowest BCUT2D eigenvalue weighted by Crippen LogP contribution is -2.15. The number of esters is 1. The third-order valence-corrected chi connectivity index (χ3v) is 4.29. The lowest BCUT2D eigenvalue weighted by Gasteiger charge is -2.10. The van der Waals surface area contributed by atoms with Crippen molar-refractivity contribution in [3.63, 3.8) is 0 Å². The molecule has 5 heteroatoms. The number of ether oxygens (including phenoxy) is 1. The molecule has 2 rings (SSSR count). The van der Waals surface area contributed by atoms with Crippen molar-refractivity contribution in [3.05, 3.63) is 11.1 Å². The first-order valence-electron chi connectivity index (χ1n) is 7.04. The molecule has 0 radical (unpaired) electrons. The van der Waals surface area contributed by atoms with Crippen molar-refractivity contribution in [3.8, 4) is 0 Å². The minimum atomic E-state index is -0.144. The van der Waals surface area contributed by atoms with Gasteiger partial charge in [0.05, 0.1) is 18.7 Å². The summed E-state index contributed by atoms with van der Waals surface area (Å²) in [5.41, 5.74) is 0.978. The molecule has 0 spiro atoms. The summed E-state index contributed by atoms with van der Waals surface area (Å²) in [6.07, 6.45) is 4.85. The highest BCUT2D eigenvalue weighted by Crippen LogP contribution is 2.28. The summed E-state index contributed by atoms with van der Waals surface area (Å²) >= 11 is 1.63. The Balaban J connectivity index is 1.77. The summed E-state index contributed by atoms with van der Waals surface area (Å²) < 4.78 is 4.91. The van der Waals surface area contributed by atoms with E-state index < -0.39 is 0 Å². The Morgan fingerprint density at radius 2 is 2.42 bits per heavy atom. The van der Waals surface area contributed by atoms with Gasteiger partial charge in [-0.15, -0.1) is 11.3 Å². The average molecular weight is 282 g/mol. The number of thiazole rings is 1. The van der Waals surface area contributed by atoms with Gasteiger partial charge in [0.2, 0.25) is 0 Å². The summed E-state index contributed by atoms with van der Waals surface area (Å²) in [6.45, 7) is 4.57. The summed E-state index contributed by atoms with van der Waals surface area (Å²) in [5.74, 6) is 0.676. The molecule has 0 saturated heterocycles. The van der Waals surface area contributed by atoms with Crippen LogP contribution in [0.2, 0.25) is 0 Å². The molecule has 1 aromatic heterocycles. The Labute approximate surface area is 118 Å². The van der Waals surface area contributed by atoms with Crippen LogP contribution in [0.3, 0.4) is 0 Å². The number of hydrogen-bond acceptors (Lipinski definition) is 5. The Morgan fingerprint density at radius 1 is 1.58 bits per heavy atom. The van der Waals surface area contributed by atoms with E-state index in [-0.39, 0.29) is 5.97 Å². The standard InChI is InChI=1S/C14H22N2O2S/c1-3-18-13(17)7-6-12-9-19-14(16-12)15-11-5-4-10(2)8-11/h9-11H,3-8H2,1-2H3,(H,15,16). The highest BCUT2D eigenvalue weighted by Gasteiger charge is 2.21. The van der Waals surface area contributed by atoms with E-state index in [9.17, 15) is 4.79 Å². The van der Waals surface area contributed by atoms with Crippen molar-refractivity contribution in [2.24, 2.45) is 5.92 Å². The van der Waals surface area contributed by atoms with Crippen LogP contribution in [0.4, 0.5) is 5.13 Å². The van der Waals surface area contributed by atoms with Crippen LogP contribution < -0.4 is 5.32 Å². The summed E-state index contributed by atoms with van der Waals surface area (Å²) in [5, 5.41) is 6.51. The summed E-state index contributed by atoms with van der Waals surface area (Å²) in [4.78, 5) is 15.8. The van der Waals surface area contributed by atoms with Crippen molar-refractivity contribution < 1.29 is 9.53 Å². The van der Waals surface area contributed by atoms with Crippen LogP contribution in [0.1, 0.15) is 45.2 Å². The molecular formula is C14H22N2O2S. The predicted molar refractivity (Wildman–Crippen MR) is 77.5 cm³/mol. The van der Waals surface area contributed by atoms with Gasteiger partial charge >= 0.3 is 5.97 Å². The second-order valence-corrected chi connectivity index (χ2v) is 6.07. The fourth-order valence-electron chi connectivity index (χ4n) is 2.46. The molecule has 1 heterocycles. The number of carbonyl (C=O) groups excluding carboxylic acids is 1. The van der Waals surface area contributed by atoms with E-state index in [1.54, 1.807) is 11.3 Å². The maximum atomic E-state index is 11.3. The van der Waals surface area contributed by atoms with Gasteiger partial charge in [0.1, 0.15) is 0 Å². The van der Waals surface area contributed by atoms with Gasteiger partial charge in [-0.05, 0) is 32.1 Å². The molecule has 106 valence electrons. The topological polar surface area (TPSA) is 51.2 Å². The van der Waals surface area contributed by atoms with Gasteiger partial charge in [-0.2, -0.15) is 0 Å². The Morgan fingerprint density at radius 3 is 3.11 bits per heavy atom. The monoisotopic (exact) mass is 282 g/mol. The largest absolute Gasteiger partial charge is 0.466 e. The van der Waals surface area contributed by atoms with Crippen molar-refractivity contribution in [2.75, 3.05) is 11.9 Å². The quantitative estimate of drug-likeness (QED) is 0.814. The predicted octanol–water partition coefficient (Wildman–Crippen LogP) is 3.24. The zero-order valence-corrected chi connectivity index (χ0v) is 12.5. The number of rotatable bonds is 6. The van der Waals surface area contributed by atoms with Crippen LogP contribution in [0.5, 0.6) is 0 Å². The minimum Gasteiger partial charge on any atom is -0.466 e. The molecule has 0 bridgehead atoms. The van der Waals surface area contributed by atoms with Crippen molar-refractivity contribution in [2.45, 2.75) is 52.0 Å². The fraction of sp³-hybridized carbons (Fsp3) is 0.714. The van der Waals surface area contributed by atoms with Crippen LogP contribution in [0, 0.1) is 5.92 Å². The van der Waals surface area contributed by atoms with E-state index in [1.807, 2.05) is 12.3 Å². The number of nitrogens with zero attached hydrogens (tertiary/aromatic N) is 1. The average Bonchev–Trinajstić information content (AvgIpc) is 2.97. The first-order valence-corrected chi connectivity index (χ1v) is 7.92. The smallest absolute Gasteiger partial charge is 0.306 e. The normalized spacial score (nSPS) is 22.4. The molecule has 2 atom stereocenters. The van der Waals surface area contributed by atoms with E-state index in [1.165, 1.54) is 19.3 Å². The Kier molecular flexibility index (Phi) is 5.19. The fourth-order valence-corrected chi connectivity index (χ4v) is 3.29. The van der Waals surface area contributed by atoms with E-state index in [4.69, 9.17) is 4.74 Å². The number of nitrogens with one attached hydrogen (secondary N) is 1. The Bertz CT molecular complexity index is 419. The van der Waals surface area contributed by atoms with Crippen molar-refractivity contribution in [1.82, 2.24) is 4.98 Å². The first kappa shape index (κ1) is 14.3. The highest BCUT2D eigenvalue weighted by molar-refractivity contribution is 7.13. The number of aryl methyl sites for hydroxylation is 1. The van der Waals surface area contributed by atoms with Crippen molar-refractivity contribution in [1.29, 1.82) is 0 Å². The number of aromatic nitrogens is 1. The van der Waals surface area contributed by atoms with Gasteiger partial charge in [0.15, 0.2) is 5.13 Å². The lowest BCUT2D eigenvalue weighted by atomic mass is 10.1. The number of anilines is 1. The molecule has 1 aliphatic carbocycles. The molecule has 1 fully saturated rings. The van der Waals surface area contributed by atoms with Crippen LogP contribution in [-0.4, -0.2) is 23.6 Å². The van der Waals surface area contributed by atoms with E-state index in [2.05, 4.69) is 17.2 Å². The van der Waals surface area contributed by atoms with E-state index in [0.29, 0.717) is 25.5 Å². The van der Waals surface area contributed by atoms with Crippen molar-refractivity contribution >= 4 is 22.4 Å². The van der Waals surface area contributed by atoms with Gasteiger partial charge in [-0.1, -0.05) is 6.92 Å². The zero-order valence-electron chi connectivity index (χ0n) is 11.6. The summed E-state index contributed by atoms with van der Waals surface area (Å²) in [7, 11) is 0. The number of hydrogen-bond donors (Lipinski definition) is 1. The molecule has 0 amide bonds. The number of carbonyl (C=O) groups is 1. The van der Waals surface area contributed by atoms with Crippen LogP contribution >= 0.6 is 11.3 Å². The van der Waals surface area contributed by atoms with Gasteiger partial charge in [-0.25, -0.2) is 4.98 Å². The molecule has 19 heavy (non-hydrogen) atoms. The van der Waals surface area contributed by atoms with E-state index in [0.717, 1.165) is 16.7 Å². The SMILES string of the molecule is CCOC(=O)CCc1csc(NC2CCC(C)C2)n1. The second kappa shape index (κ2) is 6.89. The van der Waals surface area contributed by atoms with Crippen LogP contribution in [-0.2, 0) is 16.0 Å². The third kappa shape index (κ3) is 4.49. The molecule has 2 unspecified atom stereocenters. The molecule has 4 nitrogen and oxygen atoms in total. The second-order valence-electron chi connectivity index (χ2n) is 5.21. The lowest BCUT2D eigenvalue weighted by molar-refractivity contribution is -0.143. The molecule has 1 aromatic rings. The molecule has 0 aromatic carbocycles. The Hall–Kier alpha value is -1.10. The molecule has 0 aliphatic heterocycles. The maximum Gasteiger partial charge on any atom is 0.306 e. The first-order chi connectivity index (χ1) is 9.17. The maximum absolute atomic E-state index is 11.3. The molecule has 1 saturated carbocycles. The molecular weight excluding hydrogens is 260 g/mol. The van der Waals surface area contributed by atoms with E-state index >= 15 is 0 Å². The van der Waals surface area contributed by atoms with Gasteiger partial charge < -0.3 is 10.1 Å². The minimum absolute atomic E-state index is 0.144. The van der Waals surface area contributed by atoms with Crippen LogP contribution in [0.15, 0.2) is 5.38 Å².